The van der Waals surface area contributed by atoms with Crippen LogP contribution in [0.4, 0.5) is 5.69 Å². The van der Waals surface area contributed by atoms with Gasteiger partial charge in [0, 0.05) is 11.9 Å². The van der Waals surface area contributed by atoms with E-state index < -0.39 is 0 Å². The minimum atomic E-state index is 0. The number of guanidine groups is 1. The smallest absolute Gasteiger partial charge is 0.193 e. The van der Waals surface area contributed by atoms with Crippen molar-refractivity contribution in [3.8, 4) is 5.75 Å². The highest BCUT2D eigenvalue weighted by Crippen LogP contribution is 2.08. The van der Waals surface area contributed by atoms with Gasteiger partial charge in [-0.2, -0.15) is 0 Å². The summed E-state index contributed by atoms with van der Waals surface area (Å²) in [5.74, 6) is 1.11. The number of nitrogens with zero attached hydrogens (tertiary/aromatic N) is 2. The van der Waals surface area contributed by atoms with Gasteiger partial charge in [-0.15, -0.1) is 24.0 Å². The maximum absolute atomic E-state index is 5.79. The van der Waals surface area contributed by atoms with Crippen LogP contribution in [0.5, 0.6) is 5.75 Å². The fourth-order valence-corrected chi connectivity index (χ4v) is 1.59. The van der Waals surface area contributed by atoms with Crippen LogP contribution in [0.15, 0.2) is 53.8 Å². The minimum absolute atomic E-state index is 0. The molecule has 0 amide bonds. The van der Waals surface area contributed by atoms with Gasteiger partial charge < -0.3 is 15.8 Å². The Morgan fingerprint density at radius 3 is 2.71 bits per heavy atom. The molecular formula is C15H19IN4O. The predicted octanol–water partition coefficient (Wildman–Crippen LogP) is 2.81. The van der Waals surface area contributed by atoms with Gasteiger partial charge in [-0.25, -0.2) is 4.99 Å². The third-order valence-electron chi connectivity index (χ3n) is 2.60. The maximum atomic E-state index is 5.79. The molecule has 0 aliphatic carbocycles. The average Bonchev–Trinajstić information content (AvgIpc) is 2.47. The first kappa shape index (κ1) is 17.2. The summed E-state index contributed by atoms with van der Waals surface area (Å²) >= 11 is 0. The number of anilines is 1. The Labute approximate surface area is 141 Å². The summed E-state index contributed by atoms with van der Waals surface area (Å²) in [6, 6.07) is 11.6. The topological polar surface area (TPSA) is 72.5 Å². The van der Waals surface area contributed by atoms with Gasteiger partial charge in [0.2, 0.25) is 0 Å². The zero-order valence-electron chi connectivity index (χ0n) is 11.8. The lowest BCUT2D eigenvalue weighted by Crippen LogP contribution is -2.23. The molecular weight excluding hydrogens is 379 g/mol. The monoisotopic (exact) mass is 398 g/mol. The second-order valence-corrected chi connectivity index (χ2v) is 4.30. The average molecular weight is 398 g/mol. The molecule has 0 saturated carbocycles. The molecule has 112 valence electrons. The number of benzene rings is 1. The van der Waals surface area contributed by atoms with Gasteiger partial charge in [0.25, 0.3) is 0 Å². The molecule has 2 rings (SSSR count). The van der Waals surface area contributed by atoms with Gasteiger partial charge in [0.15, 0.2) is 5.96 Å². The molecule has 0 aliphatic heterocycles. The van der Waals surface area contributed by atoms with Crippen molar-refractivity contribution in [2.45, 2.75) is 6.92 Å². The molecule has 3 N–H and O–H groups in total. The van der Waals surface area contributed by atoms with Gasteiger partial charge in [-0.3, -0.25) is 4.98 Å². The summed E-state index contributed by atoms with van der Waals surface area (Å²) in [7, 11) is 0. The van der Waals surface area contributed by atoms with Gasteiger partial charge in [0.05, 0.1) is 12.7 Å². The molecule has 2 aromatic rings. The second-order valence-electron chi connectivity index (χ2n) is 4.30. The van der Waals surface area contributed by atoms with Crippen LogP contribution in [-0.4, -0.2) is 24.1 Å². The van der Waals surface area contributed by atoms with Crippen LogP contribution in [0, 0.1) is 6.92 Å². The van der Waals surface area contributed by atoms with Crippen molar-refractivity contribution in [1.29, 1.82) is 0 Å². The summed E-state index contributed by atoms with van der Waals surface area (Å²) in [6.07, 6.45) is 3.37. The molecule has 1 aromatic carbocycles. The SMILES string of the molecule is Cc1ccc(NC(N)=NCCOc2cccnc2)cc1.I. The Bertz CT molecular complexity index is 558. The van der Waals surface area contributed by atoms with E-state index in [1.54, 1.807) is 12.4 Å². The zero-order valence-corrected chi connectivity index (χ0v) is 14.2. The molecule has 0 fully saturated rings. The molecule has 21 heavy (non-hydrogen) atoms. The van der Waals surface area contributed by atoms with E-state index in [9.17, 15) is 0 Å². The van der Waals surface area contributed by atoms with Crippen molar-refractivity contribution in [3.63, 3.8) is 0 Å². The number of aliphatic imine (C=N–C) groups is 1. The first-order chi connectivity index (χ1) is 9.74. The highest BCUT2D eigenvalue weighted by atomic mass is 127. The van der Waals surface area contributed by atoms with Crippen LogP contribution in [-0.2, 0) is 0 Å². The largest absolute Gasteiger partial charge is 0.490 e. The first-order valence-corrected chi connectivity index (χ1v) is 6.40. The van der Waals surface area contributed by atoms with Crippen LogP contribution in [0.2, 0.25) is 0 Å². The summed E-state index contributed by atoms with van der Waals surface area (Å²) < 4.78 is 5.47. The number of rotatable bonds is 5. The molecule has 0 atom stereocenters. The van der Waals surface area contributed by atoms with Crippen LogP contribution in [0.1, 0.15) is 5.56 Å². The Hall–Kier alpha value is -1.83. The predicted molar refractivity (Wildman–Crippen MR) is 96.4 cm³/mol. The summed E-state index contributed by atoms with van der Waals surface area (Å²) in [5, 5.41) is 3.03. The summed E-state index contributed by atoms with van der Waals surface area (Å²) in [5.41, 5.74) is 7.92. The number of halogens is 1. The molecule has 0 bridgehead atoms. The second kappa shape index (κ2) is 9.17. The van der Waals surface area contributed by atoms with Crippen molar-refractivity contribution < 1.29 is 4.74 Å². The van der Waals surface area contributed by atoms with Crippen LogP contribution in [0.25, 0.3) is 0 Å². The molecule has 0 unspecified atom stereocenters. The maximum Gasteiger partial charge on any atom is 0.193 e. The summed E-state index contributed by atoms with van der Waals surface area (Å²) in [6.45, 7) is 2.98. The van der Waals surface area contributed by atoms with Crippen LogP contribution >= 0.6 is 24.0 Å². The Morgan fingerprint density at radius 2 is 2.05 bits per heavy atom. The lowest BCUT2D eigenvalue weighted by Gasteiger charge is -2.06. The van der Waals surface area contributed by atoms with Gasteiger partial charge in [-0.1, -0.05) is 17.7 Å². The standard InChI is InChI=1S/C15H18N4O.HI/c1-12-4-6-13(7-5-12)19-15(16)18-9-10-20-14-3-2-8-17-11-14;/h2-8,11H,9-10H2,1H3,(H3,16,18,19);1H. The first-order valence-electron chi connectivity index (χ1n) is 6.40. The number of pyridine rings is 1. The lowest BCUT2D eigenvalue weighted by molar-refractivity contribution is 0.327. The lowest BCUT2D eigenvalue weighted by atomic mass is 10.2. The van der Waals surface area contributed by atoms with E-state index in [1.807, 2.05) is 43.3 Å². The Morgan fingerprint density at radius 1 is 1.29 bits per heavy atom. The molecule has 0 aliphatic rings. The molecule has 1 heterocycles. The van der Waals surface area contributed by atoms with Gasteiger partial charge in [-0.05, 0) is 31.2 Å². The fraction of sp³-hybridized carbons (Fsp3) is 0.200. The van der Waals surface area contributed by atoms with Crippen LogP contribution < -0.4 is 15.8 Å². The molecule has 1 aromatic heterocycles. The van der Waals surface area contributed by atoms with E-state index in [-0.39, 0.29) is 24.0 Å². The van der Waals surface area contributed by atoms with Crippen molar-refractivity contribution in [3.05, 3.63) is 54.4 Å². The number of ether oxygens (including phenoxy) is 1. The number of aryl methyl sites for hydroxylation is 1. The number of nitrogens with one attached hydrogen (secondary N) is 1. The molecule has 0 spiro atoms. The van der Waals surface area contributed by atoms with Crippen LogP contribution in [0.3, 0.4) is 0 Å². The number of nitrogens with two attached hydrogens (primary N) is 1. The number of hydrogen-bond acceptors (Lipinski definition) is 3. The van der Waals surface area contributed by atoms with E-state index in [0.29, 0.717) is 19.1 Å². The van der Waals surface area contributed by atoms with E-state index in [1.165, 1.54) is 5.56 Å². The molecule has 0 saturated heterocycles. The molecule has 0 radical (unpaired) electrons. The molecule has 6 heteroatoms. The van der Waals surface area contributed by atoms with Gasteiger partial charge in [0.1, 0.15) is 12.4 Å². The Balaban J connectivity index is 0.00000220. The van der Waals surface area contributed by atoms with Crippen molar-refractivity contribution in [1.82, 2.24) is 4.98 Å². The third kappa shape index (κ3) is 6.44. The zero-order chi connectivity index (χ0) is 14.2. The van der Waals surface area contributed by atoms with Gasteiger partial charge >= 0.3 is 0 Å². The van der Waals surface area contributed by atoms with E-state index >= 15 is 0 Å². The van der Waals surface area contributed by atoms with E-state index in [4.69, 9.17) is 10.5 Å². The van der Waals surface area contributed by atoms with Crippen molar-refractivity contribution in [2.75, 3.05) is 18.5 Å². The Kier molecular flexibility index (Phi) is 7.52. The van der Waals surface area contributed by atoms with Crippen molar-refractivity contribution in [2.24, 2.45) is 10.7 Å². The van der Waals surface area contributed by atoms with E-state index in [2.05, 4.69) is 15.3 Å². The highest BCUT2D eigenvalue weighted by molar-refractivity contribution is 14.0. The fourth-order valence-electron chi connectivity index (χ4n) is 1.59. The summed E-state index contributed by atoms with van der Waals surface area (Å²) in [4.78, 5) is 8.16. The van der Waals surface area contributed by atoms with Crippen molar-refractivity contribution >= 4 is 35.6 Å². The molecule has 5 nitrogen and oxygen atoms in total. The highest BCUT2D eigenvalue weighted by Gasteiger charge is 1.95. The normalized spacial score (nSPS) is 10.6. The minimum Gasteiger partial charge on any atom is -0.490 e. The number of aromatic nitrogens is 1. The van der Waals surface area contributed by atoms with E-state index in [0.717, 1.165) is 11.4 Å². The number of hydrogen-bond donors (Lipinski definition) is 2. The third-order valence-corrected chi connectivity index (χ3v) is 2.60. The quantitative estimate of drug-likeness (QED) is 0.352.